The van der Waals surface area contributed by atoms with Crippen molar-refractivity contribution >= 4 is 5.91 Å². The zero-order valence-electron chi connectivity index (χ0n) is 10.5. The molecule has 1 aliphatic heterocycles. The van der Waals surface area contributed by atoms with Gasteiger partial charge < -0.3 is 5.32 Å². The standard InChI is InChI=1S/C15H21NO/c1-2-3-4-12-5-7-13(8-6-12)14-9-10-15(17)16-11-14/h5-8,14H,2-4,9-11H2,1H3,(H,16,17). The third-order valence-electron chi connectivity index (χ3n) is 3.54. The molecule has 1 unspecified atom stereocenters. The normalized spacial score (nSPS) is 20.1. The van der Waals surface area contributed by atoms with Gasteiger partial charge in [0.05, 0.1) is 0 Å². The van der Waals surface area contributed by atoms with E-state index in [0.717, 1.165) is 13.0 Å². The molecular formula is C15H21NO. The highest BCUT2D eigenvalue weighted by Crippen LogP contribution is 2.24. The minimum atomic E-state index is 0.195. The Labute approximate surface area is 103 Å². The summed E-state index contributed by atoms with van der Waals surface area (Å²) in [5.74, 6) is 0.703. The molecule has 1 aromatic carbocycles. The van der Waals surface area contributed by atoms with E-state index < -0.39 is 0 Å². The van der Waals surface area contributed by atoms with Crippen molar-refractivity contribution in [3.05, 3.63) is 35.4 Å². The molecule has 1 atom stereocenters. The molecule has 1 amide bonds. The van der Waals surface area contributed by atoms with E-state index in [1.165, 1.54) is 30.4 Å². The van der Waals surface area contributed by atoms with Crippen LogP contribution in [0.4, 0.5) is 0 Å². The third kappa shape index (κ3) is 3.32. The van der Waals surface area contributed by atoms with Crippen LogP contribution >= 0.6 is 0 Å². The lowest BCUT2D eigenvalue weighted by Gasteiger charge is -2.22. The molecule has 0 aromatic heterocycles. The van der Waals surface area contributed by atoms with Crippen molar-refractivity contribution in [2.75, 3.05) is 6.54 Å². The fourth-order valence-corrected chi connectivity index (χ4v) is 2.35. The molecule has 1 N–H and O–H groups in total. The molecule has 1 saturated heterocycles. The molecule has 0 spiro atoms. The van der Waals surface area contributed by atoms with Gasteiger partial charge in [0.1, 0.15) is 0 Å². The van der Waals surface area contributed by atoms with Crippen molar-refractivity contribution in [3.8, 4) is 0 Å². The van der Waals surface area contributed by atoms with Crippen molar-refractivity contribution in [2.24, 2.45) is 0 Å². The van der Waals surface area contributed by atoms with Gasteiger partial charge in [0.25, 0.3) is 0 Å². The number of rotatable bonds is 4. The van der Waals surface area contributed by atoms with Crippen LogP contribution in [0.5, 0.6) is 0 Å². The maximum atomic E-state index is 11.1. The maximum Gasteiger partial charge on any atom is 0.220 e. The van der Waals surface area contributed by atoms with Crippen LogP contribution in [0.3, 0.4) is 0 Å². The number of piperidine rings is 1. The van der Waals surface area contributed by atoms with Gasteiger partial charge in [-0.1, -0.05) is 37.6 Å². The summed E-state index contributed by atoms with van der Waals surface area (Å²) in [4.78, 5) is 11.1. The summed E-state index contributed by atoms with van der Waals surface area (Å²) in [6.45, 7) is 3.02. The molecule has 1 heterocycles. The quantitative estimate of drug-likeness (QED) is 0.848. The van der Waals surface area contributed by atoms with Gasteiger partial charge in [-0.25, -0.2) is 0 Å². The van der Waals surface area contributed by atoms with E-state index in [1.807, 2.05) is 0 Å². The SMILES string of the molecule is CCCCc1ccc(C2CCC(=O)NC2)cc1. The second kappa shape index (κ2) is 5.85. The van der Waals surface area contributed by atoms with Crippen molar-refractivity contribution in [2.45, 2.75) is 44.9 Å². The Bertz CT molecular complexity index is 359. The van der Waals surface area contributed by atoms with Gasteiger partial charge >= 0.3 is 0 Å². The van der Waals surface area contributed by atoms with Crippen molar-refractivity contribution in [1.29, 1.82) is 0 Å². The highest BCUT2D eigenvalue weighted by molar-refractivity contribution is 5.76. The second-order valence-electron chi connectivity index (χ2n) is 4.88. The van der Waals surface area contributed by atoms with Gasteiger partial charge in [-0.2, -0.15) is 0 Å². The molecule has 0 saturated carbocycles. The van der Waals surface area contributed by atoms with Crippen LogP contribution in [0.2, 0.25) is 0 Å². The monoisotopic (exact) mass is 231 g/mol. The average molecular weight is 231 g/mol. The van der Waals surface area contributed by atoms with Crippen molar-refractivity contribution < 1.29 is 4.79 Å². The number of aryl methyl sites for hydroxylation is 1. The van der Waals surface area contributed by atoms with Gasteiger partial charge in [-0.3, -0.25) is 4.79 Å². The topological polar surface area (TPSA) is 29.1 Å². The maximum absolute atomic E-state index is 11.1. The first-order valence-electron chi connectivity index (χ1n) is 6.65. The molecule has 2 rings (SSSR count). The first-order valence-corrected chi connectivity index (χ1v) is 6.65. The smallest absolute Gasteiger partial charge is 0.220 e. The van der Waals surface area contributed by atoms with Crippen LogP contribution in [0.1, 0.15) is 49.7 Å². The fraction of sp³-hybridized carbons (Fsp3) is 0.533. The van der Waals surface area contributed by atoms with Crippen LogP contribution in [-0.2, 0) is 11.2 Å². The van der Waals surface area contributed by atoms with E-state index in [4.69, 9.17) is 0 Å². The molecule has 1 aliphatic rings. The van der Waals surface area contributed by atoms with Crippen LogP contribution in [0, 0.1) is 0 Å². The van der Waals surface area contributed by atoms with Gasteiger partial charge in [-0.05, 0) is 30.4 Å². The molecule has 1 fully saturated rings. The van der Waals surface area contributed by atoms with Crippen molar-refractivity contribution in [1.82, 2.24) is 5.32 Å². The van der Waals surface area contributed by atoms with Crippen LogP contribution in [-0.4, -0.2) is 12.5 Å². The number of hydrogen-bond acceptors (Lipinski definition) is 1. The zero-order valence-corrected chi connectivity index (χ0v) is 10.5. The van der Waals surface area contributed by atoms with E-state index in [0.29, 0.717) is 12.3 Å². The Balaban J connectivity index is 1.95. The highest BCUT2D eigenvalue weighted by atomic mass is 16.1. The van der Waals surface area contributed by atoms with Gasteiger partial charge in [0.15, 0.2) is 0 Å². The number of hydrogen-bond donors (Lipinski definition) is 1. The summed E-state index contributed by atoms with van der Waals surface area (Å²) in [5.41, 5.74) is 2.79. The largest absolute Gasteiger partial charge is 0.355 e. The molecular weight excluding hydrogens is 210 g/mol. The molecule has 1 aromatic rings. The molecule has 2 nitrogen and oxygen atoms in total. The molecule has 92 valence electrons. The third-order valence-corrected chi connectivity index (χ3v) is 3.54. The Kier molecular flexibility index (Phi) is 4.18. The molecule has 2 heteroatoms. The van der Waals surface area contributed by atoms with E-state index >= 15 is 0 Å². The first kappa shape index (κ1) is 12.2. The second-order valence-corrected chi connectivity index (χ2v) is 4.88. The summed E-state index contributed by atoms with van der Waals surface area (Å²) in [6, 6.07) is 8.93. The summed E-state index contributed by atoms with van der Waals surface area (Å²) in [6.07, 6.45) is 5.34. The summed E-state index contributed by atoms with van der Waals surface area (Å²) < 4.78 is 0. The fourth-order valence-electron chi connectivity index (χ4n) is 2.35. The predicted molar refractivity (Wildman–Crippen MR) is 70.0 cm³/mol. The molecule has 17 heavy (non-hydrogen) atoms. The number of unbranched alkanes of at least 4 members (excludes halogenated alkanes) is 1. The van der Waals surface area contributed by atoms with Crippen LogP contribution in [0.25, 0.3) is 0 Å². The lowest BCUT2D eigenvalue weighted by atomic mass is 9.90. The van der Waals surface area contributed by atoms with E-state index in [1.54, 1.807) is 0 Å². The number of carbonyl (C=O) groups is 1. The summed E-state index contributed by atoms with van der Waals surface area (Å²) >= 11 is 0. The number of amides is 1. The minimum absolute atomic E-state index is 0.195. The minimum Gasteiger partial charge on any atom is -0.355 e. The highest BCUT2D eigenvalue weighted by Gasteiger charge is 2.19. The first-order chi connectivity index (χ1) is 8.29. The number of benzene rings is 1. The van der Waals surface area contributed by atoms with Gasteiger partial charge in [0, 0.05) is 18.9 Å². The zero-order chi connectivity index (χ0) is 12.1. The van der Waals surface area contributed by atoms with E-state index in [9.17, 15) is 4.79 Å². The average Bonchev–Trinajstić information content (AvgIpc) is 2.38. The molecule has 0 aliphatic carbocycles. The van der Waals surface area contributed by atoms with Crippen LogP contribution in [0.15, 0.2) is 24.3 Å². The number of nitrogens with one attached hydrogen (secondary N) is 1. The van der Waals surface area contributed by atoms with Crippen LogP contribution < -0.4 is 5.32 Å². The van der Waals surface area contributed by atoms with Gasteiger partial charge in [-0.15, -0.1) is 0 Å². The Morgan fingerprint density at radius 1 is 1.29 bits per heavy atom. The molecule has 0 bridgehead atoms. The van der Waals surface area contributed by atoms with E-state index in [2.05, 4.69) is 36.5 Å². The van der Waals surface area contributed by atoms with E-state index in [-0.39, 0.29) is 5.91 Å². The Hall–Kier alpha value is -1.31. The number of carbonyl (C=O) groups excluding carboxylic acids is 1. The predicted octanol–water partition coefficient (Wildman–Crippen LogP) is 3.02. The lowest BCUT2D eigenvalue weighted by Crippen LogP contribution is -2.33. The Morgan fingerprint density at radius 3 is 2.65 bits per heavy atom. The van der Waals surface area contributed by atoms with Crippen molar-refractivity contribution in [3.63, 3.8) is 0 Å². The summed E-state index contributed by atoms with van der Waals surface area (Å²) in [5, 5.41) is 2.94. The van der Waals surface area contributed by atoms with Gasteiger partial charge in [0.2, 0.25) is 5.91 Å². The lowest BCUT2D eigenvalue weighted by molar-refractivity contribution is -0.122. The summed E-state index contributed by atoms with van der Waals surface area (Å²) in [7, 11) is 0. The molecule has 0 radical (unpaired) electrons. The Morgan fingerprint density at radius 2 is 2.06 bits per heavy atom.